The molecule has 3 N–H and O–H groups in total. The van der Waals surface area contributed by atoms with Gasteiger partial charge in [-0.1, -0.05) is 41.4 Å². The fourth-order valence-electron chi connectivity index (χ4n) is 2.07. The van der Waals surface area contributed by atoms with Crippen LogP contribution in [0.4, 0.5) is 0 Å². The molecule has 2 amide bonds. The maximum Gasteiger partial charge on any atom is 0.255 e. The number of nitrogens with one attached hydrogen (secondary N) is 1. The minimum atomic E-state index is -0.616. The number of hydrogen-bond donors (Lipinski definition) is 2. The van der Waals surface area contributed by atoms with Crippen LogP contribution in [0.15, 0.2) is 42.5 Å². The van der Waals surface area contributed by atoms with Crippen LogP contribution in [0.5, 0.6) is 5.75 Å². The van der Waals surface area contributed by atoms with Crippen LogP contribution in [0.25, 0.3) is 0 Å². The minimum Gasteiger partial charge on any atom is -0.483 e. The number of halogens is 2. The van der Waals surface area contributed by atoms with Crippen molar-refractivity contribution in [2.75, 3.05) is 6.61 Å². The van der Waals surface area contributed by atoms with Gasteiger partial charge in [0.2, 0.25) is 0 Å². The van der Waals surface area contributed by atoms with Gasteiger partial charge in [0.1, 0.15) is 5.75 Å². The van der Waals surface area contributed by atoms with Crippen LogP contribution in [-0.2, 0) is 4.79 Å². The molecule has 0 bridgehead atoms. The highest BCUT2D eigenvalue weighted by Crippen LogP contribution is 2.26. The van der Waals surface area contributed by atoms with Gasteiger partial charge in [-0.2, -0.15) is 0 Å². The van der Waals surface area contributed by atoms with Gasteiger partial charge in [0.25, 0.3) is 11.8 Å². The highest BCUT2D eigenvalue weighted by atomic mass is 35.5. The molecule has 2 rings (SSSR count). The quantitative estimate of drug-likeness (QED) is 0.822. The van der Waals surface area contributed by atoms with Crippen LogP contribution in [0, 0.1) is 0 Å². The lowest BCUT2D eigenvalue weighted by Gasteiger charge is -2.16. The molecule has 0 spiro atoms. The number of carbonyl (C=O) groups is 2. The van der Waals surface area contributed by atoms with E-state index < -0.39 is 5.91 Å². The molecular formula is C17H16Cl2N2O3. The summed E-state index contributed by atoms with van der Waals surface area (Å²) in [5, 5.41) is 3.72. The molecule has 1 atom stereocenters. The molecule has 0 fully saturated rings. The van der Waals surface area contributed by atoms with Crippen LogP contribution in [-0.4, -0.2) is 18.4 Å². The van der Waals surface area contributed by atoms with E-state index in [4.69, 9.17) is 33.7 Å². The van der Waals surface area contributed by atoms with Crippen LogP contribution in [0.1, 0.15) is 28.9 Å². The van der Waals surface area contributed by atoms with E-state index in [1.54, 1.807) is 42.5 Å². The molecule has 126 valence electrons. The average Bonchev–Trinajstić information content (AvgIpc) is 2.55. The number of benzene rings is 2. The summed E-state index contributed by atoms with van der Waals surface area (Å²) in [5.41, 5.74) is 6.19. The van der Waals surface area contributed by atoms with Crippen molar-refractivity contribution in [3.05, 3.63) is 63.6 Å². The van der Waals surface area contributed by atoms with Gasteiger partial charge < -0.3 is 15.8 Å². The van der Waals surface area contributed by atoms with Gasteiger partial charge in [0.15, 0.2) is 6.61 Å². The first-order valence-electron chi connectivity index (χ1n) is 7.14. The zero-order valence-electron chi connectivity index (χ0n) is 12.9. The van der Waals surface area contributed by atoms with E-state index in [1.807, 2.05) is 6.92 Å². The molecule has 0 aliphatic heterocycles. The zero-order chi connectivity index (χ0) is 17.7. The van der Waals surface area contributed by atoms with Crippen molar-refractivity contribution in [1.82, 2.24) is 5.32 Å². The number of nitrogens with two attached hydrogens (primary N) is 1. The number of carbonyl (C=O) groups excluding carboxylic acids is 2. The molecule has 0 heterocycles. The summed E-state index contributed by atoms with van der Waals surface area (Å²) in [6.07, 6.45) is 0. The maximum absolute atomic E-state index is 12.5. The van der Waals surface area contributed by atoms with Gasteiger partial charge in [-0.15, -0.1) is 0 Å². The summed E-state index contributed by atoms with van der Waals surface area (Å²) in [4.78, 5) is 23.3. The Labute approximate surface area is 149 Å². The van der Waals surface area contributed by atoms with Gasteiger partial charge in [-0.05, 0) is 36.8 Å². The second-order valence-electron chi connectivity index (χ2n) is 5.12. The Kier molecular flexibility index (Phi) is 6.06. The highest BCUT2D eigenvalue weighted by Gasteiger charge is 2.16. The van der Waals surface area contributed by atoms with E-state index in [0.717, 1.165) is 5.56 Å². The first-order valence-corrected chi connectivity index (χ1v) is 7.90. The van der Waals surface area contributed by atoms with E-state index in [-0.39, 0.29) is 24.3 Å². The molecule has 0 radical (unpaired) electrons. The van der Waals surface area contributed by atoms with Crippen molar-refractivity contribution in [3.8, 4) is 5.75 Å². The molecule has 0 saturated heterocycles. The smallest absolute Gasteiger partial charge is 0.255 e. The molecule has 0 aliphatic rings. The van der Waals surface area contributed by atoms with Crippen molar-refractivity contribution >= 4 is 35.0 Å². The third-order valence-electron chi connectivity index (χ3n) is 3.29. The van der Waals surface area contributed by atoms with Gasteiger partial charge in [-0.3, -0.25) is 9.59 Å². The SMILES string of the molecule is CC(NC(=O)c1ccccc1OCC(N)=O)c1ccc(Cl)c(Cl)c1. The number of primary amides is 1. The van der Waals surface area contributed by atoms with Gasteiger partial charge in [0, 0.05) is 0 Å². The lowest BCUT2D eigenvalue weighted by molar-refractivity contribution is -0.119. The molecule has 7 heteroatoms. The van der Waals surface area contributed by atoms with Crippen LogP contribution < -0.4 is 15.8 Å². The second kappa shape index (κ2) is 8.04. The normalized spacial score (nSPS) is 11.6. The van der Waals surface area contributed by atoms with E-state index in [0.29, 0.717) is 15.6 Å². The zero-order valence-corrected chi connectivity index (χ0v) is 14.4. The Morgan fingerprint density at radius 2 is 1.88 bits per heavy atom. The van der Waals surface area contributed by atoms with Gasteiger partial charge in [-0.25, -0.2) is 0 Å². The topological polar surface area (TPSA) is 81.4 Å². The summed E-state index contributed by atoms with van der Waals surface area (Å²) >= 11 is 11.9. The van der Waals surface area contributed by atoms with Crippen molar-refractivity contribution in [2.24, 2.45) is 5.73 Å². The van der Waals surface area contributed by atoms with Crippen LogP contribution in [0.2, 0.25) is 10.0 Å². The predicted octanol–water partition coefficient (Wildman–Crippen LogP) is 3.35. The van der Waals surface area contributed by atoms with E-state index in [2.05, 4.69) is 5.32 Å². The standard InChI is InChI=1S/C17H16Cl2N2O3/c1-10(11-6-7-13(18)14(19)8-11)21-17(23)12-4-2-3-5-15(12)24-9-16(20)22/h2-8,10H,9H2,1H3,(H2,20,22)(H,21,23). The number of hydrogen-bond acceptors (Lipinski definition) is 3. The number of amides is 2. The largest absolute Gasteiger partial charge is 0.483 e. The Balaban J connectivity index is 2.14. The Hall–Kier alpha value is -2.24. The average molecular weight is 367 g/mol. The number of ether oxygens (including phenoxy) is 1. The van der Waals surface area contributed by atoms with Crippen molar-refractivity contribution in [2.45, 2.75) is 13.0 Å². The predicted molar refractivity (Wildman–Crippen MR) is 93.5 cm³/mol. The maximum atomic E-state index is 12.5. The first kappa shape index (κ1) is 18.1. The molecule has 0 aromatic heterocycles. The summed E-state index contributed by atoms with van der Waals surface area (Å²) in [7, 11) is 0. The Morgan fingerprint density at radius 3 is 2.54 bits per heavy atom. The molecule has 5 nitrogen and oxygen atoms in total. The number of para-hydroxylation sites is 1. The molecule has 2 aromatic rings. The first-order chi connectivity index (χ1) is 11.4. The highest BCUT2D eigenvalue weighted by molar-refractivity contribution is 6.42. The van der Waals surface area contributed by atoms with Gasteiger partial charge >= 0.3 is 0 Å². The Bertz CT molecular complexity index is 765. The number of rotatable bonds is 6. The molecule has 1 unspecified atom stereocenters. The minimum absolute atomic E-state index is 0.287. The monoisotopic (exact) mass is 366 g/mol. The summed E-state index contributed by atoms with van der Waals surface area (Å²) < 4.78 is 5.27. The fraction of sp³-hybridized carbons (Fsp3) is 0.176. The molecular weight excluding hydrogens is 351 g/mol. The molecule has 24 heavy (non-hydrogen) atoms. The third kappa shape index (κ3) is 4.63. The van der Waals surface area contributed by atoms with E-state index >= 15 is 0 Å². The lowest BCUT2D eigenvalue weighted by atomic mass is 10.1. The van der Waals surface area contributed by atoms with E-state index in [1.165, 1.54) is 0 Å². The van der Waals surface area contributed by atoms with Gasteiger partial charge in [0.05, 0.1) is 21.7 Å². The van der Waals surface area contributed by atoms with Crippen molar-refractivity contribution in [3.63, 3.8) is 0 Å². The summed E-state index contributed by atoms with van der Waals surface area (Å²) in [6.45, 7) is 1.52. The summed E-state index contributed by atoms with van der Waals surface area (Å²) in [5.74, 6) is -0.668. The van der Waals surface area contributed by atoms with Crippen LogP contribution in [0.3, 0.4) is 0 Å². The van der Waals surface area contributed by atoms with Crippen molar-refractivity contribution in [1.29, 1.82) is 0 Å². The van der Waals surface area contributed by atoms with Crippen molar-refractivity contribution < 1.29 is 14.3 Å². The fourth-order valence-corrected chi connectivity index (χ4v) is 2.37. The summed E-state index contributed by atoms with van der Waals surface area (Å²) in [6, 6.07) is 11.5. The lowest BCUT2D eigenvalue weighted by Crippen LogP contribution is -2.28. The molecule has 2 aromatic carbocycles. The van der Waals surface area contributed by atoms with E-state index in [9.17, 15) is 9.59 Å². The molecule has 0 saturated carbocycles. The van der Waals surface area contributed by atoms with Crippen LogP contribution >= 0.6 is 23.2 Å². The Morgan fingerprint density at radius 1 is 1.17 bits per heavy atom. The molecule has 0 aliphatic carbocycles. The second-order valence-corrected chi connectivity index (χ2v) is 5.93. The third-order valence-corrected chi connectivity index (χ3v) is 4.03.